The summed E-state index contributed by atoms with van der Waals surface area (Å²) in [4.78, 5) is 12.8. The molecule has 2 aromatic carbocycles. The zero-order chi connectivity index (χ0) is 21.1. The summed E-state index contributed by atoms with van der Waals surface area (Å²) < 4.78 is 44.2. The van der Waals surface area contributed by atoms with Crippen molar-refractivity contribution in [2.24, 2.45) is 0 Å². The van der Waals surface area contributed by atoms with E-state index in [1.807, 2.05) is 0 Å². The van der Waals surface area contributed by atoms with Crippen molar-refractivity contribution in [1.29, 1.82) is 0 Å². The van der Waals surface area contributed by atoms with E-state index < -0.39 is 15.9 Å². The lowest BCUT2D eigenvalue weighted by atomic mass is 10.2. The summed E-state index contributed by atoms with van der Waals surface area (Å²) in [6, 6.07) is 9.59. The summed E-state index contributed by atoms with van der Waals surface area (Å²) in [6.07, 6.45) is 1.65. The molecular formula is C21H24N2O6S. The van der Waals surface area contributed by atoms with E-state index in [0.717, 1.165) is 12.8 Å². The molecule has 0 bridgehead atoms. The van der Waals surface area contributed by atoms with E-state index in [9.17, 15) is 13.2 Å². The summed E-state index contributed by atoms with van der Waals surface area (Å²) in [5, 5.41) is 2.78. The fraction of sp³-hybridized carbons (Fsp3) is 0.381. The molecule has 1 amide bonds. The zero-order valence-corrected chi connectivity index (χ0v) is 17.5. The highest BCUT2D eigenvalue weighted by molar-refractivity contribution is 7.89. The minimum atomic E-state index is -3.74. The lowest BCUT2D eigenvalue weighted by Crippen LogP contribution is -2.28. The van der Waals surface area contributed by atoms with Crippen LogP contribution in [-0.4, -0.2) is 51.5 Å². The fourth-order valence-electron chi connectivity index (χ4n) is 3.52. The maximum absolute atomic E-state index is 13.1. The lowest BCUT2D eigenvalue weighted by Gasteiger charge is -2.20. The number of hydrogen-bond donors (Lipinski definition) is 1. The van der Waals surface area contributed by atoms with Crippen molar-refractivity contribution in [3.05, 3.63) is 42.0 Å². The molecule has 9 heteroatoms. The number of sulfonamides is 1. The molecular weight excluding hydrogens is 408 g/mol. The molecule has 0 spiro atoms. The average molecular weight is 432 g/mol. The van der Waals surface area contributed by atoms with Gasteiger partial charge in [-0.2, -0.15) is 4.31 Å². The molecule has 1 saturated heterocycles. The first kappa shape index (κ1) is 20.5. The number of carbonyl (C=O) groups is 1. The second kappa shape index (κ2) is 8.53. The van der Waals surface area contributed by atoms with Gasteiger partial charge in [0.1, 0.15) is 23.9 Å². The van der Waals surface area contributed by atoms with Crippen molar-refractivity contribution < 1.29 is 27.4 Å². The summed E-state index contributed by atoms with van der Waals surface area (Å²) in [5.41, 5.74) is 0.758. The second-order valence-corrected chi connectivity index (χ2v) is 8.92. The number of ether oxygens (including phenoxy) is 3. The summed E-state index contributed by atoms with van der Waals surface area (Å²) in [7, 11) is -3.74. The van der Waals surface area contributed by atoms with E-state index in [0.29, 0.717) is 50.1 Å². The topological polar surface area (TPSA) is 94.2 Å². The molecule has 30 heavy (non-hydrogen) atoms. The molecule has 0 atom stereocenters. The minimum absolute atomic E-state index is 0.0149. The number of carbonyl (C=O) groups excluding carboxylic acids is 1. The predicted molar refractivity (Wildman–Crippen MR) is 111 cm³/mol. The monoisotopic (exact) mass is 432 g/mol. The third kappa shape index (κ3) is 4.08. The zero-order valence-electron chi connectivity index (χ0n) is 16.7. The Morgan fingerprint density at radius 1 is 1.07 bits per heavy atom. The number of amides is 1. The van der Waals surface area contributed by atoms with E-state index in [1.165, 1.54) is 16.4 Å². The highest BCUT2D eigenvalue weighted by Gasteiger charge is 2.31. The van der Waals surface area contributed by atoms with Crippen molar-refractivity contribution in [2.75, 3.05) is 38.2 Å². The van der Waals surface area contributed by atoms with Crippen LogP contribution >= 0.6 is 0 Å². The third-order valence-electron chi connectivity index (χ3n) is 4.99. The van der Waals surface area contributed by atoms with Crippen molar-refractivity contribution in [3.63, 3.8) is 0 Å². The van der Waals surface area contributed by atoms with Gasteiger partial charge >= 0.3 is 0 Å². The molecule has 0 radical (unpaired) electrons. The Morgan fingerprint density at radius 2 is 1.80 bits per heavy atom. The first-order chi connectivity index (χ1) is 14.5. The van der Waals surface area contributed by atoms with Crippen LogP contribution in [0.2, 0.25) is 0 Å². The van der Waals surface area contributed by atoms with E-state index in [4.69, 9.17) is 14.2 Å². The molecule has 0 aliphatic carbocycles. The van der Waals surface area contributed by atoms with Gasteiger partial charge in [-0.15, -0.1) is 0 Å². The molecule has 0 unspecified atom stereocenters. The highest BCUT2D eigenvalue weighted by atomic mass is 32.2. The SMILES string of the molecule is CCOc1ccc(C(=O)Nc2ccc3c(c2)OCCO3)cc1S(=O)(=O)N1CCCC1. The van der Waals surface area contributed by atoms with Gasteiger partial charge in [-0.25, -0.2) is 8.42 Å². The van der Waals surface area contributed by atoms with Gasteiger partial charge in [-0.1, -0.05) is 0 Å². The van der Waals surface area contributed by atoms with Crippen LogP contribution in [0.5, 0.6) is 17.2 Å². The Labute approximate surface area is 175 Å². The Kier molecular flexibility index (Phi) is 5.83. The minimum Gasteiger partial charge on any atom is -0.492 e. The van der Waals surface area contributed by atoms with Crippen LogP contribution < -0.4 is 19.5 Å². The van der Waals surface area contributed by atoms with Crippen molar-refractivity contribution >= 4 is 21.6 Å². The smallest absolute Gasteiger partial charge is 0.255 e. The fourth-order valence-corrected chi connectivity index (χ4v) is 5.19. The van der Waals surface area contributed by atoms with E-state index in [2.05, 4.69) is 5.32 Å². The molecule has 0 aromatic heterocycles. The van der Waals surface area contributed by atoms with Gasteiger partial charge in [0.15, 0.2) is 11.5 Å². The predicted octanol–water partition coefficient (Wildman–Crippen LogP) is 2.89. The molecule has 1 N–H and O–H groups in total. The van der Waals surface area contributed by atoms with Crippen LogP contribution in [0.1, 0.15) is 30.1 Å². The van der Waals surface area contributed by atoms with Gasteiger partial charge in [-0.3, -0.25) is 4.79 Å². The number of nitrogens with one attached hydrogen (secondary N) is 1. The van der Waals surface area contributed by atoms with Gasteiger partial charge < -0.3 is 19.5 Å². The quantitative estimate of drug-likeness (QED) is 0.754. The third-order valence-corrected chi connectivity index (χ3v) is 6.91. The number of hydrogen-bond acceptors (Lipinski definition) is 6. The van der Waals surface area contributed by atoms with Gasteiger partial charge in [0.2, 0.25) is 10.0 Å². The maximum atomic E-state index is 13.1. The molecule has 2 aliphatic heterocycles. The molecule has 1 fully saturated rings. The summed E-state index contributed by atoms with van der Waals surface area (Å²) >= 11 is 0. The van der Waals surface area contributed by atoms with Gasteiger partial charge in [-0.05, 0) is 50.1 Å². The molecule has 8 nitrogen and oxygen atoms in total. The maximum Gasteiger partial charge on any atom is 0.255 e. The standard InChI is InChI=1S/C21H24N2O6S/c1-2-27-18-7-5-15(13-20(18)30(25,26)23-9-3-4-10-23)21(24)22-16-6-8-17-19(14-16)29-12-11-28-17/h5-8,13-14H,2-4,9-12H2,1H3,(H,22,24). The Morgan fingerprint density at radius 3 is 2.53 bits per heavy atom. The van der Waals surface area contributed by atoms with Crippen LogP contribution in [-0.2, 0) is 10.0 Å². The number of anilines is 1. The molecule has 160 valence electrons. The Bertz CT molecular complexity index is 1050. The molecule has 2 aliphatic rings. The van der Waals surface area contributed by atoms with Gasteiger partial charge in [0, 0.05) is 30.4 Å². The number of fused-ring (bicyclic) bond motifs is 1. The molecule has 4 rings (SSSR count). The van der Waals surface area contributed by atoms with Crippen LogP contribution in [0.4, 0.5) is 5.69 Å². The van der Waals surface area contributed by atoms with Crippen molar-refractivity contribution in [1.82, 2.24) is 4.31 Å². The van der Waals surface area contributed by atoms with Gasteiger partial charge in [0.25, 0.3) is 5.91 Å². The molecule has 2 heterocycles. The van der Waals surface area contributed by atoms with E-state index in [1.54, 1.807) is 31.2 Å². The molecule has 2 aromatic rings. The number of rotatable bonds is 6. The second-order valence-electron chi connectivity index (χ2n) is 7.02. The molecule has 0 saturated carbocycles. The van der Waals surface area contributed by atoms with Crippen molar-refractivity contribution in [3.8, 4) is 17.2 Å². The largest absolute Gasteiger partial charge is 0.492 e. The highest BCUT2D eigenvalue weighted by Crippen LogP contribution is 2.33. The normalized spacial score (nSPS) is 16.3. The van der Waals surface area contributed by atoms with E-state index in [-0.39, 0.29) is 16.2 Å². The number of benzene rings is 2. The van der Waals surface area contributed by atoms with Crippen LogP contribution in [0.25, 0.3) is 0 Å². The lowest BCUT2D eigenvalue weighted by molar-refractivity contribution is 0.102. The first-order valence-electron chi connectivity index (χ1n) is 9.97. The van der Waals surface area contributed by atoms with Crippen LogP contribution in [0.15, 0.2) is 41.3 Å². The Balaban J connectivity index is 1.61. The Hall–Kier alpha value is -2.78. The summed E-state index contributed by atoms with van der Waals surface area (Å²) in [6.45, 7) is 3.99. The average Bonchev–Trinajstić information content (AvgIpc) is 3.30. The van der Waals surface area contributed by atoms with Crippen LogP contribution in [0, 0.1) is 0 Å². The van der Waals surface area contributed by atoms with Gasteiger partial charge in [0.05, 0.1) is 6.61 Å². The first-order valence-corrected chi connectivity index (χ1v) is 11.4. The van der Waals surface area contributed by atoms with Crippen LogP contribution in [0.3, 0.4) is 0 Å². The summed E-state index contributed by atoms with van der Waals surface area (Å²) in [5.74, 6) is 1.01. The van der Waals surface area contributed by atoms with Crippen molar-refractivity contribution in [2.45, 2.75) is 24.7 Å². The number of nitrogens with zero attached hydrogens (tertiary/aromatic N) is 1. The van der Waals surface area contributed by atoms with E-state index >= 15 is 0 Å².